The SMILES string of the molecule is CCN(Sc1ccc(N)cc1)c1ccc2c(c1)nc(C(C)(C)C)n2CC1CCOCC1. The predicted molar refractivity (Wildman–Crippen MR) is 132 cm³/mol. The molecule has 1 aromatic heterocycles. The predicted octanol–water partition coefficient (Wildman–Crippen LogP) is 5.88. The molecular formula is C25H34N4OS. The minimum absolute atomic E-state index is 0.00644. The first-order valence-corrected chi connectivity index (χ1v) is 12.0. The van der Waals surface area contributed by atoms with E-state index in [1.54, 1.807) is 11.9 Å². The van der Waals surface area contributed by atoms with Gasteiger partial charge < -0.3 is 19.3 Å². The van der Waals surface area contributed by atoms with Gasteiger partial charge in [-0.25, -0.2) is 4.98 Å². The fourth-order valence-corrected chi connectivity index (χ4v) is 5.03. The Labute approximate surface area is 190 Å². The van der Waals surface area contributed by atoms with E-state index >= 15 is 0 Å². The first kappa shape index (κ1) is 22.0. The van der Waals surface area contributed by atoms with Crippen LogP contribution in [0.15, 0.2) is 47.4 Å². The Kier molecular flexibility index (Phi) is 6.49. The number of fused-ring (bicyclic) bond motifs is 1. The molecular weight excluding hydrogens is 404 g/mol. The maximum absolute atomic E-state index is 5.84. The van der Waals surface area contributed by atoms with E-state index in [1.807, 2.05) is 12.1 Å². The molecule has 5 nitrogen and oxygen atoms in total. The Bertz CT molecular complexity index is 1020. The molecule has 0 bridgehead atoms. The third-order valence-electron chi connectivity index (χ3n) is 5.86. The third-order valence-corrected chi connectivity index (χ3v) is 7.03. The van der Waals surface area contributed by atoms with E-state index in [0.29, 0.717) is 5.92 Å². The van der Waals surface area contributed by atoms with E-state index in [4.69, 9.17) is 15.5 Å². The Morgan fingerprint density at radius 2 is 1.84 bits per heavy atom. The van der Waals surface area contributed by atoms with E-state index in [-0.39, 0.29) is 5.41 Å². The number of nitrogen functional groups attached to an aromatic ring is 1. The summed E-state index contributed by atoms with van der Waals surface area (Å²) in [6.07, 6.45) is 2.26. The fraction of sp³-hybridized carbons (Fsp3) is 0.480. The van der Waals surface area contributed by atoms with Crippen LogP contribution in [-0.4, -0.2) is 29.3 Å². The molecule has 31 heavy (non-hydrogen) atoms. The van der Waals surface area contributed by atoms with E-state index in [1.165, 1.54) is 21.9 Å². The zero-order valence-corrected chi connectivity index (χ0v) is 19.9. The van der Waals surface area contributed by atoms with E-state index < -0.39 is 0 Å². The van der Waals surface area contributed by atoms with E-state index in [9.17, 15) is 0 Å². The molecule has 0 saturated carbocycles. The first-order chi connectivity index (χ1) is 14.8. The smallest absolute Gasteiger partial charge is 0.115 e. The van der Waals surface area contributed by atoms with Gasteiger partial charge in [0.25, 0.3) is 0 Å². The molecule has 2 N–H and O–H groups in total. The molecule has 0 aliphatic carbocycles. The normalized spacial score (nSPS) is 15.5. The highest BCUT2D eigenvalue weighted by Gasteiger charge is 2.25. The van der Waals surface area contributed by atoms with Gasteiger partial charge in [0.05, 0.1) is 11.0 Å². The average molecular weight is 439 g/mol. The van der Waals surface area contributed by atoms with Gasteiger partial charge in [-0.2, -0.15) is 0 Å². The topological polar surface area (TPSA) is 56.3 Å². The van der Waals surface area contributed by atoms with Crippen molar-refractivity contribution >= 4 is 34.4 Å². The van der Waals surface area contributed by atoms with Crippen LogP contribution < -0.4 is 10.0 Å². The van der Waals surface area contributed by atoms with Gasteiger partial charge in [-0.1, -0.05) is 20.8 Å². The lowest BCUT2D eigenvalue weighted by molar-refractivity contribution is 0.0611. The largest absolute Gasteiger partial charge is 0.399 e. The number of nitrogens with zero attached hydrogens (tertiary/aromatic N) is 3. The number of ether oxygens (including phenoxy) is 1. The number of nitrogens with two attached hydrogens (primary N) is 1. The van der Waals surface area contributed by atoms with Gasteiger partial charge >= 0.3 is 0 Å². The van der Waals surface area contributed by atoms with Crippen LogP contribution in [0.5, 0.6) is 0 Å². The molecule has 0 spiro atoms. The van der Waals surface area contributed by atoms with Crippen LogP contribution >= 0.6 is 11.9 Å². The van der Waals surface area contributed by atoms with Crippen molar-refractivity contribution < 1.29 is 4.74 Å². The molecule has 0 atom stereocenters. The Morgan fingerprint density at radius 3 is 2.48 bits per heavy atom. The van der Waals surface area contributed by atoms with Crippen molar-refractivity contribution in [2.45, 2.75) is 57.4 Å². The van der Waals surface area contributed by atoms with Crippen LogP contribution in [-0.2, 0) is 16.7 Å². The quantitative estimate of drug-likeness (QED) is 0.385. The second-order valence-electron chi connectivity index (χ2n) is 9.38. The van der Waals surface area contributed by atoms with Crippen LogP contribution in [0, 0.1) is 5.92 Å². The summed E-state index contributed by atoms with van der Waals surface area (Å²) in [7, 11) is 0. The van der Waals surface area contributed by atoms with Gasteiger partial charge in [-0.15, -0.1) is 0 Å². The summed E-state index contributed by atoms with van der Waals surface area (Å²) in [5, 5.41) is 0. The second-order valence-corrected chi connectivity index (χ2v) is 10.5. The minimum Gasteiger partial charge on any atom is -0.399 e. The maximum Gasteiger partial charge on any atom is 0.115 e. The Hall–Kier alpha value is -2.18. The van der Waals surface area contributed by atoms with Gasteiger partial charge in [0.2, 0.25) is 0 Å². The molecule has 0 radical (unpaired) electrons. The van der Waals surface area contributed by atoms with Crippen LogP contribution in [0.1, 0.15) is 46.4 Å². The lowest BCUT2D eigenvalue weighted by Gasteiger charge is -2.26. The van der Waals surface area contributed by atoms with Gasteiger partial charge in [0.1, 0.15) is 5.82 Å². The first-order valence-electron chi connectivity index (χ1n) is 11.2. The molecule has 6 heteroatoms. The van der Waals surface area contributed by atoms with Crippen molar-refractivity contribution in [2.75, 3.05) is 29.8 Å². The van der Waals surface area contributed by atoms with Crippen molar-refractivity contribution in [1.82, 2.24) is 9.55 Å². The number of hydrogen-bond donors (Lipinski definition) is 1. The third kappa shape index (κ3) is 5.01. The average Bonchev–Trinajstić information content (AvgIpc) is 3.12. The number of hydrogen-bond acceptors (Lipinski definition) is 5. The van der Waals surface area contributed by atoms with Crippen molar-refractivity contribution in [1.29, 1.82) is 0 Å². The standard InChI is InChI=1S/C25H34N4OS/c1-5-29(31-21-9-6-19(26)7-10-21)20-8-11-23-22(16-20)27-24(25(2,3)4)28(23)17-18-12-14-30-15-13-18/h6-11,16,18H,5,12-15,17,26H2,1-4H3. The maximum atomic E-state index is 5.84. The molecule has 3 aromatic rings. The molecule has 1 aliphatic rings. The lowest BCUT2D eigenvalue weighted by atomic mass is 9.94. The van der Waals surface area contributed by atoms with Crippen LogP contribution in [0.4, 0.5) is 11.4 Å². The summed E-state index contributed by atoms with van der Waals surface area (Å²) in [6, 6.07) is 14.8. The number of anilines is 2. The van der Waals surface area contributed by atoms with Crippen molar-refractivity contribution in [3.05, 3.63) is 48.3 Å². The van der Waals surface area contributed by atoms with Crippen molar-refractivity contribution in [3.8, 4) is 0 Å². The number of imidazole rings is 1. The zero-order valence-electron chi connectivity index (χ0n) is 19.1. The number of aromatic nitrogens is 2. The molecule has 4 rings (SSSR count). The summed E-state index contributed by atoms with van der Waals surface area (Å²) < 4.78 is 10.3. The monoisotopic (exact) mass is 438 g/mol. The molecule has 1 saturated heterocycles. The molecule has 1 aliphatic heterocycles. The van der Waals surface area contributed by atoms with E-state index in [2.05, 4.69) is 66.9 Å². The zero-order chi connectivity index (χ0) is 22.0. The number of rotatable bonds is 6. The molecule has 0 amide bonds. The van der Waals surface area contributed by atoms with Crippen LogP contribution in [0.2, 0.25) is 0 Å². The molecule has 0 unspecified atom stereocenters. The fourth-order valence-electron chi connectivity index (χ4n) is 4.17. The highest BCUT2D eigenvalue weighted by Crippen LogP contribution is 2.34. The molecule has 166 valence electrons. The van der Waals surface area contributed by atoms with Crippen molar-refractivity contribution in [2.24, 2.45) is 5.92 Å². The summed E-state index contributed by atoms with van der Waals surface area (Å²) in [5.74, 6) is 1.82. The highest BCUT2D eigenvalue weighted by atomic mass is 32.2. The second kappa shape index (κ2) is 9.13. The lowest BCUT2D eigenvalue weighted by Crippen LogP contribution is -2.25. The van der Waals surface area contributed by atoms with Crippen LogP contribution in [0.3, 0.4) is 0 Å². The molecule has 2 heterocycles. The number of benzene rings is 2. The molecule has 1 fully saturated rings. The Morgan fingerprint density at radius 1 is 1.13 bits per heavy atom. The van der Waals surface area contributed by atoms with Crippen LogP contribution in [0.25, 0.3) is 11.0 Å². The van der Waals surface area contributed by atoms with E-state index in [0.717, 1.165) is 50.3 Å². The summed E-state index contributed by atoms with van der Waals surface area (Å²) in [4.78, 5) is 6.30. The highest BCUT2D eigenvalue weighted by molar-refractivity contribution is 8.00. The summed E-state index contributed by atoms with van der Waals surface area (Å²) in [6.45, 7) is 12.6. The van der Waals surface area contributed by atoms with Gasteiger partial charge in [0, 0.05) is 48.0 Å². The summed E-state index contributed by atoms with van der Waals surface area (Å²) in [5.41, 5.74) is 10.1. The van der Waals surface area contributed by atoms with Gasteiger partial charge in [0.15, 0.2) is 0 Å². The summed E-state index contributed by atoms with van der Waals surface area (Å²) >= 11 is 1.73. The van der Waals surface area contributed by atoms with Gasteiger partial charge in [-0.3, -0.25) is 0 Å². The Balaban J connectivity index is 1.66. The molecule has 2 aromatic carbocycles. The van der Waals surface area contributed by atoms with Crippen molar-refractivity contribution in [3.63, 3.8) is 0 Å². The minimum atomic E-state index is -0.00644. The van der Waals surface area contributed by atoms with Gasteiger partial charge in [-0.05, 0) is 80.1 Å².